The van der Waals surface area contributed by atoms with Gasteiger partial charge in [-0.1, -0.05) is 56.9 Å². The van der Waals surface area contributed by atoms with Crippen LogP contribution in [0.3, 0.4) is 0 Å². The highest BCUT2D eigenvalue weighted by molar-refractivity contribution is 14.0. The van der Waals surface area contributed by atoms with Gasteiger partial charge >= 0.3 is 0 Å². The summed E-state index contributed by atoms with van der Waals surface area (Å²) in [6.07, 6.45) is 8.71. The number of unbranched alkanes of at least 4 members (excludes halogenated alkanes) is 3. The van der Waals surface area contributed by atoms with Gasteiger partial charge < -0.3 is 20.1 Å². The Bertz CT molecular complexity index is 577. The van der Waals surface area contributed by atoms with Crippen molar-refractivity contribution in [3.63, 3.8) is 0 Å². The summed E-state index contributed by atoms with van der Waals surface area (Å²) < 4.78 is 11.4. The summed E-state index contributed by atoms with van der Waals surface area (Å²) in [6, 6.07) is 9.03. The molecule has 1 aromatic rings. The summed E-state index contributed by atoms with van der Waals surface area (Å²) in [7, 11) is 1.83. The zero-order chi connectivity index (χ0) is 20.0. The molecule has 5 nitrogen and oxygen atoms in total. The highest BCUT2D eigenvalue weighted by Crippen LogP contribution is 2.14. The lowest BCUT2D eigenvalue weighted by atomic mass is 10.1. The van der Waals surface area contributed by atoms with Crippen molar-refractivity contribution in [3.8, 4) is 0 Å². The van der Waals surface area contributed by atoms with Crippen molar-refractivity contribution >= 4 is 29.9 Å². The monoisotopic (exact) mass is 517 g/mol. The van der Waals surface area contributed by atoms with Gasteiger partial charge in [0.05, 0.1) is 12.7 Å². The molecule has 2 rings (SSSR count). The van der Waals surface area contributed by atoms with Gasteiger partial charge in [-0.15, -0.1) is 24.0 Å². The van der Waals surface area contributed by atoms with E-state index in [0.29, 0.717) is 18.8 Å². The molecule has 0 amide bonds. The smallest absolute Gasteiger partial charge is 0.191 e. The van der Waals surface area contributed by atoms with E-state index in [4.69, 9.17) is 9.47 Å². The zero-order valence-electron chi connectivity index (χ0n) is 18.4. The summed E-state index contributed by atoms with van der Waals surface area (Å²) >= 11 is 0. The van der Waals surface area contributed by atoms with Crippen molar-refractivity contribution in [2.45, 2.75) is 84.1 Å². The van der Waals surface area contributed by atoms with Crippen LogP contribution in [0.2, 0.25) is 0 Å². The molecule has 1 unspecified atom stereocenters. The number of halogens is 1. The molecule has 1 fully saturated rings. The molecular formula is C23H40IN3O2. The molecule has 1 heterocycles. The normalized spacial score (nSPS) is 16.2. The fourth-order valence-electron chi connectivity index (χ4n) is 3.45. The molecule has 0 aliphatic carbocycles. The van der Waals surface area contributed by atoms with Crippen LogP contribution in [0.25, 0.3) is 0 Å². The van der Waals surface area contributed by atoms with E-state index in [1.807, 2.05) is 7.05 Å². The highest BCUT2D eigenvalue weighted by atomic mass is 127. The second-order valence-electron chi connectivity index (χ2n) is 7.76. The van der Waals surface area contributed by atoms with Crippen molar-refractivity contribution < 1.29 is 9.47 Å². The first-order valence-electron chi connectivity index (χ1n) is 11.0. The number of nitrogens with zero attached hydrogens (tertiary/aromatic N) is 1. The molecule has 1 aliphatic rings. The second kappa shape index (κ2) is 15.9. The van der Waals surface area contributed by atoms with E-state index < -0.39 is 0 Å². The maximum atomic E-state index is 6.04. The van der Waals surface area contributed by atoms with Crippen LogP contribution in [0.1, 0.15) is 69.9 Å². The van der Waals surface area contributed by atoms with E-state index in [2.05, 4.69) is 53.7 Å². The summed E-state index contributed by atoms with van der Waals surface area (Å²) in [5, 5.41) is 6.93. The minimum absolute atomic E-state index is 0. The Morgan fingerprint density at radius 1 is 1.21 bits per heavy atom. The lowest BCUT2D eigenvalue weighted by molar-refractivity contribution is -0.0390. The fraction of sp³-hybridized carbons (Fsp3) is 0.696. The van der Waals surface area contributed by atoms with Gasteiger partial charge in [0, 0.05) is 32.8 Å². The van der Waals surface area contributed by atoms with Gasteiger partial charge in [-0.2, -0.15) is 0 Å². The van der Waals surface area contributed by atoms with Gasteiger partial charge in [-0.25, -0.2) is 0 Å². The maximum Gasteiger partial charge on any atom is 0.191 e. The molecule has 2 N–H and O–H groups in total. The molecule has 1 atom stereocenters. The second-order valence-corrected chi connectivity index (χ2v) is 7.76. The molecule has 0 spiro atoms. The van der Waals surface area contributed by atoms with Crippen LogP contribution in [-0.4, -0.2) is 38.4 Å². The molecule has 166 valence electrons. The molecular weight excluding hydrogens is 477 g/mol. The summed E-state index contributed by atoms with van der Waals surface area (Å²) in [6.45, 7) is 7.54. The van der Waals surface area contributed by atoms with Gasteiger partial charge in [0.1, 0.15) is 0 Å². The SMILES string of the molecule is CCCCCCC(C)NC(=NC)NCc1cccc(COC2CCOCC2)c1.I. The van der Waals surface area contributed by atoms with E-state index in [1.165, 1.54) is 43.2 Å². The maximum absolute atomic E-state index is 6.04. The van der Waals surface area contributed by atoms with Crippen LogP contribution in [-0.2, 0) is 22.6 Å². The number of hydrogen-bond donors (Lipinski definition) is 2. The number of nitrogens with one attached hydrogen (secondary N) is 2. The van der Waals surface area contributed by atoms with Gasteiger partial charge in [-0.3, -0.25) is 4.99 Å². The number of aliphatic imine (C=N–C) groups is 1. The van der Waals surface area contributed by atoms with E-state index in [9.17, 15) is 0 Å². The topological polar surface area (TPSA) is 54.9 Å². The van der Waals surface area contributed by atoms with Crippen molar-refractivity contribution in [3.05, 3.63) is 35.4 Å². The molecule has 29 heavy (non-hydrogen) atoms. The quantitative estimate of drug-likeness (QED) is 0.187. The van der Waals surface area contributed by atoms with Crippen molar-refractivity contribution in [1.29, 1.82) is 0 Å². The first kappa shape index (κ1) is 26.2. The number of benzene rings is 1. The lowest BCUT2D eigenvalue weighted by Crippen LogP contribution is -2.41. The van der Waals surface area contributed by atoms with Crippen LogP contribution in [0.5, 0.6) is 0 Å². The zero-order valence-corrected chi connectivity index (χ0v) is 20.7. The van der Waals surface area contributed by atoms with Crippen molar-refractivity contribution in [1.82, 2.24) is 10.6 Å². The molecule has 1 aromatic carbocycles. The predicted molar refractivity (Wildman–Crippen MR) is 132 cm³/mol. The van der Waals surface area contributed by atoms with Crippen LogP contribution < -0.4 is 10.6 Å². The van der Waals surface area contributed by atoms with Crippen LogP contribution in [0.4, 0.5) is 0 Å². The molecule has 1 aliphatic heterocycles. The van der Waals surface area contributed by atoms with Gasteiger partial charge in [0.15, 0.2) is 5.96 Å². The summed E-state index contributed by atoms with van der Waals surface area (Å²) in [5.74, 6) is 0.867. The summed E-state index contributed by atoms with van der Waals surface area (Å²) in [5.41, 5.74) is 2.46. The fourth-order valence-corrected chi connectivity index (χ4v) is 3.45. The van der Waals surface area contributed by atoms with E-state index in [0.717, 1.165) is 38.6 Å². The molecule has 0 saturated carbocycles. The molecule has 0 radical (unpaired) electrons. The standard InChI is InChI=1S/C23H39N3O2.HI/c1-4-5-6-7-9-19(2)26-23(24-3)25-17-20-10-8-11-21(16-20)18-28-22-12-14-27-15-13-22;/h8,10-11,16,19,22H,4-7,9,12-15,17-18H2,1-3H3,(H2,24,25,26);1H. The third-order valence-electron chi connectivity index (χ3n) is 5.20. The van der Waals surface area contributed by atoms with E-state index in [1.54, 1.807) is 0 Å². The Morgan fingerprint density at radius 2 is 1.97 bits per heavy atom. The van der Waals surface area contributed by atoms with Crippen LogP contribution in [0.15, 0.2) is 29.3 Å². The minimum atomic E-state index is 0. The minimum Gasteiger partial charge on any atom is -0.381 e. The number of rotatable bonds is 11. The molecule has 1 saturated heterocycles. The van der Waals surface area contributed by atoms with Gasteiger partial charge in [0.25, 0.3) is 0 Å². The molecule has 6 heteroatoms. The average molecular weight is 517 g/mol. The van der Waals surface area contributed by atoms with Crippen molar-refractivity contribution in [2.24, 2.45) is 4.99 Å². The third-order valence-corrected chi connectivity index (χ3v) is 5.20. The van der Waals surface area contributed by atoms with Gasteiger partial charge in [-0.05, 0) is 37.3 Å². The summed E-state index contributed by atoms with van der Waals surface area (Å²) in [4.78, 5) is 4.37. The Kier molecular flexibility index (Phi) is 14.4. The number of guanidine groups is 1. The predicted octanol–water partition coefficient (Wildman–Crippen LogP) is 5.02. The Balaban J connectivity index is 0.00000420. The molecule has 0 aromatic heterocycles. The van der Waals surface area contributed by atoms with Gasteiger partial charge in [0.2, 0.25) is 0 Å². The molecule has 0 bridgehead atoms. The van der Waals surface area contributed by atoms with E-state index in [-0.39, 0.29) is 24.0 Å². The Hall–Kier alpha value is -0.860. The van der Waals surface area contributed by atoms with E-state index >= 15 is 0 Å². The van der Waals surface area contributed by atoms with Crippen LogP contribution >= 0.6 is 24.0 Å². The number of ether oxygens (including phenoxy) is 2. The Labute approximate surface area is 194 Å². The highest BCUT2D eigenvalue weighted by Gasteiger charge is 2.14. The third kappa shape index (κ3) is 11.2. The first-order valence-corrected chi connectivity index (χ1v) is 11.0. The lowest BCUT2D eigenvalue weighted by Gasteiger charge is -2.22. The number of hydrogen-bond acceptors (Lipinski definition) is 3. The average Bonchev–Trinajstić information content (AvgIpc) is 2.74. The van der Waals surface area contributed by atoms with Crippen LogP contribution in [0, 0.1) is 0 Å². The van der Waals surface area contributed by atoms with Crippen molar-refractivity contribution in [2.75, 3.05) is 20.3 Å². The largest absolute Gasteiger partial charge is 0.381 e. The first-order chi connectivity index (χ1) is 13.7. The Morgan fingerprint density at radius 3 is 2.69 bits per heavy atom.